The highest BCUT2D eigenvalue weighted by Crippen LogP contribution is 2.29. The molecule has 22 heavy (non-hydrogen) atoms. The molecular weight excluding hydrogens is 315 g/mol. The zero-order valence-corrected chi connectivity index (χ0v) is 13.0. The zero-order valence-electron chi connectivity index (χ0n) is 12.2. The monoisotopic (exact) mass is 335 g/mol. The van der Waals surface area contributed by atoms with Crippen molar-refractivity contribution in [3.05, 3.63) is 35.9 Å². The molecule has 0 spiro atoms. The topological polar surface area (TPSA) is 37.4 Å². The third-order valence-corrected chi connectivity index (χ3v) is 5.78. The molecule has 1 saturated heterocycles. The van der Waals surface area contributed by atoms with Gasteiger partial charge in [-0.3, -0.25) is 0 Å². The molecule has 1 aromatic rings. The number of nitrogens with zero attached hydrogens (tertiary/aromatic N) is 1. The molecule has 0 aromatic heterocycles. The van der Waals surface area contributed by atoms with E-state index in [9.17, 15) is 21.6 Å². The molecule has 1 aliphatic heterocycles. The van der Waals surface area contributed by atoms with E-state index in [1.54, 1.807) is 0 Å². The van der Waals surface area contributed by atoms with Crippen molar-refractivity contribution in [2.24, 2.45) is 0 Å². The molecule has 7 heteroatoms. The highest BCUT2D eigenvalue weighted by atomic mass is 32.2. The molecule has 0 aliphatic carbocycles. The Morgan fingerprint density at radius 1 is 1.14 bits per heavy atom. The van der Waals surface area contributed by atoms with Crippen molar-refractivity contribution < 1.29 is 21.6 Å². The van der Waals surface area contributed by atoms with E-state index in [2.05, 4.69) is 0 Å². The SMILES string of the molecule is O=S(=O)(CCC(F)(F)F)N1CCCCC(c2ccccc2)C1. The third-order valence-electron chi connectivity index (χ3n) is 3.94. The highest BCUT2D eigenvalue weighted by Gasteiger charge is 2.34. The number of rotatable bonds is 4. The van der Waals surface area contributed by atoms with Crippen LogP contribution in [0.25, 0.3) is 0 Å². The van der Waals surface area contributed by atoms with Crippen LogP contribution >= 0.6 is 0 Å². The van der Waals surface area contributed by atoms with Gasteiger partial charge in [0.25, 0.3) is 0 Å². The standard InChI is InChI=1S/C15H20F3NO2S/c16-15(17,18)9-11-22(20,21)19-10-5-4-8-14(12-19)13-6-2-1-3-7-13/h1-3,6-7,14H,4-5,8-12H2. The smallest absolute Gasteiger partial charge is 0.212 e. The largest absolute Gasteiger partial charge is 0.390 e. The predicted molar refractivity (Wildman–Crippen MR) is 79.1 cm³/mol. The van der Waals surface area contributed by atoms with E-state index in [-0.39, 0.29) is 12.5 Å². The summed E-state index contributed by atoms with van der Waals surface area (Å²) in [5.74, 6) is -0.817. The predicted octanol–water partition coefficient (Wildman–Crippen LogP) is 3.54. The lowest BCUT2D eigenvalue weighted by Crippen LogP contribution is -2.36. The van der Waals surface area contributed by atoms with Crippen LogP contribution in [0, 0.1) is 0 Å². The molecule has 3 nitrogen and oxygen atoms in total. The van der Waals surface area contributed by atoms with Gasteiger partial charge in [-0.1, -0.05) is 36.8 Å². The minimum absolute atomic E-state index is 0.0457. The molecule has 0 N–H and O–H groups in total. The first-order valence-corrected chi connectivity index (χ1v) is 8.98. The lowest BCUT2D eigenvalue weighted by atomic mass is 9.95. The fourth-order valence-electron chi connectivity index (χ4n) is 2.73. The summed E-state index contributed by atoms with van der Waals surface area (Å²) in [7, 11) is -3.87. The zero-order chi connectivity index (χ0) is 16.2. The molecule has 1 fully saturated rings. The molecular formula is C15H20F3NO2S. The maximum absolute atomic E-state index is 12.3. The van der Waals surface area contributed by atoms with Gasteiger partial charge in [-0.25, -0.2) is 12.7 Å². The van der Waals surface area contributed by atoms with E-state index >= 15 is 0 Å². The van der Waals surface area contributed by atoms with Crippen LogP contribution in [0.15, 0.2) is 30.3 Å². The summed E-state index contributed by atoms with van der Waals surface area (Å²) < 4.78 is 62.5. The second-order valence-electron chi connectivity index (χ2n) is 5.64. The van der Waals surface area contributed by atoms with Gasteiger partial charge in [-0.05, 0) is 24.3 Å². The fraction of sp³-hybridized carbons (Fsp3) is 0.600. The van der Waals surface area contributed by atoms with Gasteiger partial charge >= 0.3 is 6.18 Å². The molecule has 1 atom stereocenters. The molecule has 0 amide bonds. The van der Waals surface area contributed by atoms with Gasteiger partial charge in [0.15, 0.2) is 0 Å². The van der Waals surface area contributed by atoms with Gasteiger partial charge in [0, 0.05) is 13.1 Å². The number of benzene rings is 1. The van der Waals surface area contributed by atoms with Crippen molar-refractivity contribution >= 4 is 10.0 Å². The Kier molecular flexibility index (Phi) is 5.50. The number of halogens is 3. The second kappa shape index (κ2) is 7.00. The lowest BCUT2D eigenvalue weighted by Gasteiger charge is -2.24. The summed E-state index contributed by atoms with van der Waals surface area (Å²) in [6, 6.07) is 9.55. The Balaban J connectivity index is 2.09. The Hall–Kier alpha value is -1.08. The van der Waals surface area contributed by atoms with Crippen molar-refractivity contribution in [3.8, 4) is 0 Å². The third kappa shape index (κ3) is 4.98. The first kappa shape index (κ1) is 17.3. The van der Waals surface area contributed by atoms with Crippen molar-refractivity contribution in [1.29, 1.82) is 0 Å². The molecule has 0 saturated carbocycles. The summed E-state index contributed by atoms with van der Waals surface area (Å²) in [6.45, 7) is 0.577. The number of hydrogen-bond acceptors (Lipinski definition) is 2. The van der Waals surface area contributed by atoms with Gasteiger partial charge in [0.1, 0.15) is 0 Å². The molecule has 1 unspecified atom stereocenters. The van der Waals surface area contributed by atoms with Gasteiger partial charge < -0.3 is 0 Å². The van der Waals surface area contributed by atoms with E-state index in [1.165, 1.54) is 4.31 Å². The van der Waals surface area contributed by atoms with Crippen LogP contribution in [0.4, 0.5) is 13.2 Å². The molecule has 124 valence electrons. The summed E-state index contributed by atoms with van der Waals surface area (Å²) >= 11 is 0. The van der Waals surface area contributed by atoms with Crippen molar-refractivity contribution in [2.75, 3.05) is 18.8 Å². The van der Waals surface area contributed by atoms with E-state index in [0.717, 1.165) is 18.4 Å². The molecule has 1 aliphatic rings. The Bertz CT molecular complexity index is 572. The van der Waals surface area contributed by atoms with Crippen LogP contribution < -0.4 is 0 Å². The summed E-state index contributed by atoms with van der Waals surface area (Å²) in [5, 5.41) is 0. The van der Waals surface area contributed by atoms with Gasteiger partial charge in [0.2, 0.25) is 10.0 Å². The van der Waals surface area contributed by atoms with E-state index < -0.39 is 28.4 Å². The summed E-state index contributed by atoms with van der Waals surface area (Å²) in [4.78, 5) is 0. The van der Waals surface area contributed by atoms with Crippen LogP contribution in [0.1, 0.15) is 37.2 Å². The normalized spacial score (nSPS) is 21.5. The fourth-order valence-corrected chi connectivity index (χ4v) is 4.29. The van der Waals surface area contributed by atoms with Crippen LogP contribution in [-0.4, -0.2) is 37.7 Å². The minimum Gasteiger partial charge on any atom is -0.212 e. The van der Waals surface area contributed by atoms with E-state index in [0.29, 0.717) is 13.0 Å². The van der Waals surface area contributed by atoms with E-state index in [4.69, 9.17) is 0 Å². The first-order chi connectivity index (χ1) is 10.3. The number of sulfonamides is 1. The van der Waals surface area contributed by atoms with Gasteiger partial charge in [-0.2, -0.15) is 13.2 Å². The highest BCUT2D eigenvalue weighted by molar-refractivity contribution is 7.89. The van der Waals surface area contributed by atoms with E-state index in [1.807, 2.05) is 30.3 Å². The average Bonchev–Trinajstić information content (AvgIpc) is 2.72. The maximum Gasteiger partial charge on any atom is 0.390 e. The first-order valence-electron chi connectivity index (χ1n) is 7.37. The van der Waals surface area contributed by atoms with Crippen LogP contribution in [0.5, 0.6) is 0 Å². The van der Waals surface area contributed by atoms with Crippen molar-refractivity contribution in [3.63, 3.8) is 0 Å². The Labute approximate surface area is 129 Å². The maximum atomic E-state index is 12.3. The van der Waals surface area contributed by atoms with Crippen LogP contribution in [-0.2, 0) is 10.0 Å². The Morgan fingerprint density at radius 2 is 1.82 bits per heavy atom. The minimum atomic E-state index is -4.45. The quantitative estimate of drug-likeness (QED) is 0.844. The second-order valence-corrected chi connectivity index (χ2v) is 7.73. The molecule has 0 radical (unpaired) electrons. The van der Waals surface area contributed by atoms with Gasteiger partial charge in [-0.15, -0.1) is 0 Å². The lowest BCUT2D eigenvalue weighted by molar-refractivity contribution is -0.130. The van der Waals surface area contributed by atoms with Crippen molar-refractivity contribution in [2.45, 2.75) is 37.8 Å². The van der Waals surface area contributed by atoms with Gasteiger partial charge in [0.05, 0.1) is 12.2 Å². The summed E-state index contributed by atoms with van der Waals surface area (Å²) in [6.07, 6.45) is -3.31. The molecule has 2 rings (SSSR count). The molecule has 1 heterocycles. The Morgan fingerprint density at radius 3 is 2.45 bits per heavy atom. The molecule has 1 aromatic carbocycles. The summed E-state index contributed by atoms with van der Waals surface area (Å²) in [5.41, 5.74) is 1.04. The molecule has 0 bridgehead atoms. The van der Waals surface area contributed by atoms with Crippen molar-refractivity contribution in [1.82, 2.24) is 4.31 Å². The number of hydrogen-bond donors (Lipinski definition) is 0. The number of alkyl halides is 3. The van der Waals surface area contributed by atoms with Crippen LogP contribution in [0.3, 0.4) is 0 Å². The average molecular weight is 335 g/mol. The van der Waals surface area contributed by atoms with Crippen LogP contribution in [0.2, 0.25) is 0 Å².